The van der Waals surface area contributed by atoms with E-state index in [1.54, 1.807) is 0 Å². The first-order valence-corrected chi connectivity index (χ1v) is 7.95. The summed E-state index contributed by atoms with van der Waals surface area (Å²) in [4.78, 5) is 16.3. The zero-order valence-electron chi connectivity index (χ0n) is 12.4. The van der Waals surface area contributed by atoms with Crippen LogP contribution in [0.15, 0.2) is 30.5 Å². The number of ether oxygens (including phenoxy) is 2. The van der Waals surface area contributed by atoms with E-state index in [0.29, 0.717) is 18.9 Å². The van der Waals surface area contributed by atoms with Gasteiger partial charge < -0.3 is 14.8 Å². The normalized spacial score (nSPS) is 16.9. The van der Waals surface area contributed by atoms with E-state index in [1.807, 2.05) is 0 Å². The molecular formula is C16H13Cl2FN2O3. The first-order valence-electron chi connectivity index (χ1n) is 7.19. The van der Waals surface area contributed by atoms with Gasteiger partial charge in [-0.3, -0.25) is 4.79 Å². The third-order valence-corrected chi connectivity index (χ3v) is 3.97. The minimum absolute atomic E-state index is 0.0773. The summed E-state index contributed by atoms with van der Waals surface area (Å²) in [5.41, 5.74) is 0.612. The molecule has 1 unspecified atom stereocenters. The van der Waals surface area contributed by atoms with E-state index in [9.17, 15) is 9.18 Å². The molecule has 3 rings (SSSR count). The van der Waals surface area contributed by atoms with Crippen LogP contribution in [0.4, 0.5) is 10.1 Å². The van der Waals surface area contributed by atoms with Crippen LogP contribution in [0.3, 0.4) is 0 Å². The van der Waals surface area contributed by atoms with Crippen molar-refractivity contribution >= 4 is 34.8 Å². The number of benzene rings is 1. The number of pyridine rings is 1. The second kappa shape index (κ2) is 7.34. The molecule has 1 N–H and O–H groups in total. The molecule has 126 valence electrons. The number of hydrogen-bond donors (Lipinski definition) is 1. The summed E-state index contributed by atoms with van der Waals surface area (Å²) in [5, 5.41) is 2.75. The van der Waals surface area contributed by atoms with Gasteiger partial charge in [-0.15, -0.1) is 0 Å². The number of hydrogen-bond acceptors (Lipinski definition) is 4. The van der Waals surface area contributed by atoms with Gasteiger partial charge in [-0.05, 0) is 24.3 Å². The van der Waals surface area contributed by atoms with Crippen LogP contribution < -0.4 is 10.1 Å². The molecule has 1 aliphatic heterocycles. The fourth-order valence-electron chi connectivity index (χ4n) is 2.18. The van der Waals surface area contributed by atoms with Crippen molar-refractivity contribution in [3.8, 4) is 5.88 Å². The molecule has 1 atom stereocenters. The number of carbonyl (C=O) groups is 1. The number of nitrogens with one attached hydrogen (secondary N) is 1. The van der Waals surface area contributed by atoms with E-state index in [2.05, 4.69) is 10.3 Å². The smallest absolute Gasteiger partial charge is 0.257 e. The second-order valence-electron chi connectivity index (χ2n) is 5.20. The molecule has 1 fully saturated rings. The number of carbonyl (C=O) groups excluding carboxylic acids is 1. The van der Waals surface area contributed by atoms with E-state index < -0.39 is 11.7 Å². The van der Waals surface area contributed by atoms with Crippen molar-refractivity contribution in [2.24, 2.45) is 0 Å². The molecule has 0 spiro atoms. The van der Waals surface area contributed by atoms with Crippen molar-refractivity contribution in [1.82, 2.24) is 4.98 Å². The Kier molecular flexibility index (Phi) is 5.18. The molecule has 0 saturated carbocycles. The molecule has 8 heteroatoms. The molecule has 0 radical (unpaired) electrons. The Hall–Kier alpha value is -1.89. The Morgan fingerprint density at radius 3 is 2.83 bits per heavy atom. The molecule has 24 heavy (non-hydrogen) atoms. The lowest BCUT2D eigenvalue weighted by Gasteiger charge is -2.12. The Morgan fingerprint density at radius 1 is 1.33 bits per heavy atom. The Balaban J connectivity index is 1.70. The van der Waals surface area contributed by atoms with Gasteiger partial charge in [0.25, 0.3) is 5.91 Å². The summed E-state index contributed by atoms with van der Waals surface area (Å²) in [5.74, 6) is -0.742. The van der Waals surface area contributed by atoms with Crippen molar-refractivity contribution in [3.63, 3.8) is 0 Å². The maximum Gasteiger partial charge on any atom is 0.257 e. The molecule has 1 aromatic heterocycles. The first kappa shape index (κ1) is 17.0. The van der Waals surface area contributed by atoms with Crippen LogP contribution in [0.1, 0.15) is 16.8 Å². The predicted octanol–water partition coefficient (Wildman–Crippen LogP) is 3.95. The lowest BCUT2D eigenvalue weighted by atomic mass is 10.2. The highest BCUT2D eigenvalue weighted by Gasteiger charge is 2.20. The van der Waals surface area contributed by atoms with Gasteiger partial charge in [0.1, 0.15) is 16.9 Å². The van der Waals surface area contributed by atoms with Crippen molar-refractivity contribution < 1.29 is 18.7 Å². The van der Waals surface area contributed by atoms with Gasteiger partial charge in [-0.1, -0.05) is 23.2 Å². The van der Waals surface area contributed by atoms with Crippen LogP contribution in [0, 0.1) is 5.82 Å². The van der Waals surface area contributed by atoms with E-state index >= 15 is 0 Å². The van der Waals surface area contributed by atoms with Crippen molar-refractivity contribution in [2.75, 3.05) is 18.5 Å². The number of aromatic nitrogens is 1. The number of halogens is 3. The van der Waals surface area contributed by atoms with Gasteiger partial charge in [0.05, 0.1) is 23.8 Å². The molecule has 2 heterocycles. The quantitative estimate of drug-likeness (QED) is 0.884. The molecule has 1 aromatic carbocycles. The van der Waals surface area contributed by atoms with E-state index in [4.69, 9.17) is 32.7 Å². The number of rotatable bonds is 4. The SMILES string of the molecule is O=C(Nc1ccc(F)c(Cl)c1)c1cnc(OC2CCOC2)c(Cl)c1. The van der Waals surface area contributed by atoms with Gasteiger partial charge in [0.2, 0.25) is 5.88 Å². The van der Waals surface area contributed by atoms with Gasteiger partial charge in [0, 0.05) is 18.3 Å². The zero-order chi connectivity index (χ0) is 17.1. The molecule has 5 nitrogen and oxygen atoms in total. The molecule has 1 saturated heterocycles. The van der Waals surface area contributed by atoms with Crippen LogP contribution in [-0.4, -0.2) is 30.2 Å². The van der Waals surface area contributed by atoms with E-state index in [1.165, 1.54) is 30.5 Å². The lowest BCUT2D eigenvalue weighted by molar-refractivity contribution is 0.102. The molecule has 0 aliphatic carbocycles. The van der Waals surface area contributed by atoms with Gasteiger partial charge in [0.15, 0.2) is 0 Å². The highest BCUT2D eigenvalue weighted by atomic mass is 35.5. The average Bonchev–Trinajstić information content (AvgIpc) is 3.06. The zero-order valence-corrected chi connectivity index (χ0v) is 13.9. The minimum atomic E-state index is -0.559. The van der Waals surface area contributed by atoms with Crippen LogP contribution >= 0.6 is 23.2 Å². The molecule has 1 amide bonds. The highest BCUT2D eigenvalue weighted by molar-refractivity contribution is 6.32. The number of amides is 1. The lowest BCUT2D eigenvalue weighted by Crippen LogP contribution is -2.17. The Bertz CT molecular complexity index is 767. The minimum Gasteiger partial charge on any atom is -0.471 e. The maximum absolute atomic E-state index is 13.1. The largest absolute Gasteiger partial charge is 0.471 e. The van der Waals surface area contributed by atoms with Crippen molar-refractivity contribution in [2.45, 2.75) is 12.5 Å². The van der Waals surface area contributed by atoms with Crippen LogP contribution in [-0.2, 0) is 4.74 Å². The third kappa shape index (κ3) is 3.95. The maximum atomic E-state index is 13.1. The topological polar surface area (TPSA) is 60.5 Å². The fraction of sp³-hybridized carbons (Fsp3) is 0.250. The summed E-state index contributed by atoms with van der Waals surface area (Å²) in [7, 11) is 0. The van der Waals surface area contributed by atoms with Crippen LogP contribution in [0.25, 0.3) is 0 Å². The van der Waals surface area contributed by atoms with Crippen molar-refractivity contribution in [1.29, 1.82) is 0 Å². The van der Waals surface area contributed by atoms with E-state index in [0.717, 1.165) is 6.42 Å². The molecule has 2 aromatic rings. The Morgan fingerprint density at radius 2 is 2.17 bits per heavy atom. The van der Waals surface area contributed by atoms with Gasteiger partial charge in [-0.2, -0.15) is 0 Å². The second-order valence-corrected chi connectivity index (χ2v) is 6.01. The van der Waals surface area contributed by atoms with E-state index in [-0.39, 0.29) is 27.6 Å². The van der Waals surface area contributed by atoms with Crippen molar-refractivity contribution in [3.05, 3.63) is 51.9 Å². The Labute approximate surface area is 147 Å². The highest BCUT2D eigenvalue weighted by Crippen LogP contribution is 2.26. The first-order chi connectivity index (χ1) is 11.5. The molecular weight excluding hydrogens is 358 g/mol. The van der Waals surface area contributed by atoms with Gasteiger partial charge in [-0.25, -0.2) is 9.37 Å². The summed E-state index contributed by atoms with van der Waals surface area (Å²) >= 11 is 11.8. The van der Waals surface area contributed by atoms with Crippen LogP contribution in [0.2, 0.25) is 10.0 Å². The summed E-state index contributed by atoms with van der Waals surface area (Å²) < 4.78 is 24.0. The monoisotopic (exact) mass is 370 g/mol. The third-order valence-electron chi connectivity index (χ3n) is 3.41. The van der Waals surface area contributed by atoms with Crippen LogP contribution in [0.5, 0.6) is 5.88 Å². The summed E-state index contributed by atoms with van der Waals surface area (Å²) in [6.07, 6.45) is 2.04. The number of nitrogens with zero attached hydrogens (tertiary/aromatic N) is 1. The predicted molar refractivity (Wildman–Crippen MR) is 88.5 cm³/mol. The average molecular weight is 371 g/mol. The summed E-state index contributed by atoms with van der Waals surface area (Å²) in [6.45, 7) is 1.13. The van der Waals surface area contributed by atoms with Gasteiger partial charge >= 0.3 is 0 Å². The molecule has 0 bridgehead atoms. The fourth-order valence-corrected chi connectivity index (χ4v) is 2.57. The summed E-state index contributed by atoms with van der Waals surface area (Å²) in [6, 6.07) is 5.36. The standard InChI is InChI=1S/C16H13Cl2FN2O3/c17-12-6-10(1-2-14(12)19)21-15(22)9-5-13(18)16(20-7-9)24-11-3-4-23-8-11/h1-2,5-7,11H,3-4,8H2,(H,21,22). The molecule has 1 aliphatic rings. The number of anilines is 1.